The van der Waals surface area contributed by atoms with E-state index in [2.05, 4.69) is 15.0 Å². The number of aromatic nitrogens is 3. The lowest BCUT2D eigenvalue weighted by atomic mass is 9.98. The molecule has 0 aliphatic carbocycles. The van der Waals surface area contributed by atoms with Crippen molar-refractivity contribution < 1.29 is 14.3 Å². The highest BCUT2D eigenvalue weighted by molar-refractivity contribution is 5.94. The maximum absolute atomic E-state index is 13.2. The number of hydrogen-bond donors (Lipinski definition) is 3. The number of nitrogen functional groups attached to an aromatic ring is 2. The van der Waals surface area contributed by atoms with E-state index in [9.17, 15) is 14.3 Å². The van der Waals surface area contributed by atoms with Crippen LogP contribution in [0.5, 0.6) is 0 Å². The minimum absolute atomic E-state index is 0.0405. The number of nitrogens with zero attached hydrogens (tertiary/aromatic N) is 3. The molecule has 0 amide bonds. The van der Waals surface area contributed by atoms with E-state index >= 15 is 0 Å². The first-order chi connectivity index (χ1) is 15.4. The van der Waals surface area contributed by atoms with Gasteiger partial charge in [-0.3, -0.25) is 0 Å². The number of carbonyl (C=O) groups is 1. The van der Waals surface area contributed by atoms with Crippen LogP contribution in [0.15, 0.2) is 66.7 Å². The maximum Gasteiger partial charge on any atom is 0.336 e. The molecule has 0 radical (unpaired) electrons. The zero-order chi connectivity index (χ0) is 22.7. The number of benzene rings is 3. The minimum Gasteiger partial charge on any atom is -0.478 e. The fourth-order valence-electron chi connectivity index (χ4n) is 3.19. The first-order valence-corrected chi connectivity index (χ1v) is 9.58. The summed E-state index contributed by atoms with van der Waals surface area (Å²) in [7, 11) is 0. The number of anilines is 2. The second kappa shape index (κ2) is 8.65. The molecular formula is C24H18FN5O2. The SMILES string of the molecule is Nc1nc(N)nc(-c2ccc(C=Cc3cc(-c4ccc(F)cc4)ccc3C(=O)O)cc2)n1. The monoisotopic (exact) mass is 427 g/mol. The van der Waals surface area contributed by atoms with Crippen LogP contribution in [0.2, 0.25) is 0 Å². The van der Waals surface area contributed by atoms with Gasteiger partial charge in [0.15, 0.2) is 5.82 Å². The molecule has 0 fully saturated rings. The molecule has 0 atom stereocenters. The quantitative estimate of drug-likeness (QED) is 0.403. The Labute approximate surface area is 182 Å². The molecule has 0 bridgehead atoms. The molecule has 1 heterocycles. The number of rotatable bonds is 5. The molecule has 0 aliphatic heterocycles. The summed E-state index contributed by atoms with van der Waals surface area (Å²) >= 11 is 0. The third-order valence-electron chi connectivity index (χ3n) is 4.75. The molecule has 32 heavy (non-hydrogen) atoms. The van der Waals surface area contributed by atoms with E-state index in [1.165, 1.54) is 12.1 Å². The highest BCUT2D eigenvalue weighted by atomic mass is 19.1. The van der Waals surface area contributed by atoms with Gasteiger partial charge in [0.1, 0.15) is 5.82 Å². The molecule has 0 unspecified atom stereocenters. The molecule has 158 valence electrons. The van der Waals surface area contributed by atoms with Gasteiger partial charge in [0, 0.05) is 5.56 Å². The molecule has 0 spiro atoms. The molecule has 0 aliphatic rings. The Balaban J connectivity index is 1.63. The molecule has 5 N–H and O–H groups in total. The lowest BCUT2D eigenvalue weighted by Gasteiger charge is -2.07. The Bertz CT molecular complexity index is 1300. The van der Waals surface area contributed by atoms with Gasteiger partial charge in [0.05, 0.1) is 5.56 Å². The largest absolute Gasteiger partial charge is 0.478 e. The maximum atomic E-state index is 13.2. The van der Waals surface area contributed by atoms with Crippen molar-refractivity contribution in [1.29, 1.82) is 0 Å². The Hall–Kier alpha value is -4.59. The Morgan fingerprint density at radius 3 is 2.00 bits per heavy atom. The van der Waals surface area contributed by atoms with Crippen LogP contribution in [0, 0.1) is 5.82 Å². The lowest BCUT2D eigenvalue weighted by Crippen LogP contribution is -2.04. The number of aromatic carboxylic acids is 1. The van der Waals surface area contributed by atoms with Gasteiger partial charge in [-0.1, -0.05) is 54.6 Å². The summed E-state index contributed by atoms with van der Waals surface area (Å²) in [4.78, 5) is 23.6. The van der Waals surface area contributed by atoms with E-state index in [1.54, 1.807) is 54.6 Å². The molecule has 0 saturated carbocycles. The normalized spacial score (nSPS) is 11.0. The fraction of sp³-hybridized carbons (Fsp3) is 0. The number of nitrogens with two attached hydrogens (primary N) is 2. The van der Waals surface area contributed by atoms with Crippen LogP contribution in [0.4, 0.5) is 16.3 Å². The van der Waals surface area contributed by atoms with Gasteiger partial charge >= 0.3 is 5.97 Å². The van der Waals surface area contributed by atoms with Crippen molar-refractivity contribution >= 4 is 30.0 Å². The molecule has 3 aromatic carbocycles. The average molecular weight is 427 g/mol. The summed E-state index contributed by atoms with van der Waals surface area (Å²) < 4.78 is 13.2. The highest BCUT2D eigenvalue weighted by Gasteiger charge is 2.10. The summed E-state index contributed by atoms with van der Waals surface area (Å²) in [5, 5.41) is 9.55. The molecule has 0 saturated heterocycles. The van der Waals surface area contributed by atoms with E-state index in [4.69, 9.17) is 11.5 Å². The predicted molar refractivity (Wildman–Crippen MR) is 122 cm³/mol. The van der Waals surface area contributed by atoms with Crippen LogP contribution < -0.4 is 11.5 Å². The fourth-order valence-corrected chi connectivity index (χ4v) is 3.19. The van der Waals surface area contributed by atoms with Crippen LogP contribution in [0.3, 0.4) is 0 Å². The molecule has 8 heteroatoms. The first kappa shape index (κ1) is 20.7. The Morgan fingerprint density at radius 2 is 1.38 bits per heavy atom. The number of halogens is 1. The van der Waals surface area contributed by atoms with Gasteiger partial charge in [-0.25, -0.2) is 9.18 Å². The van der Waals surface area contributed by atoms with Crippen LogP contribution in [-0.2, 0) is 0 Å². The van der Waals surface area contributed by atoms with Crippen LogP contribution in [-0.4, -0.2) is 26.0 Å². The summed E-state index contributed by atoms with van der Waals surface area (Å²) in [6, 6.07) is 18.3. The smallest absolute Gasteiger partial charge is 0.336 e. The molecule has 1 aromatic heterocycles. The van der Waals surface area contributed by atoms with Crippen molar-refractivity contribution in [2.45, 2.75) is 0 Å². The third-order valence-corrected chi connectivity index (χ3v) is 4.75. The van der Waals surface area contributed by atoms with Gasteiger partial charge in [-0.15, -0.1) is 0 Å². The number of hydrogen-bond acceptors (Lipinski definition) is 6. The molecular weight excluding hydrogens is 409 g/mol. The summed E-state index contributed by atoms with van der Waals surface area (Å²) in [5.74, 6) is -0.916. The van der Waals surface area contributed by atoms with Gasteiger partial charge in [-0.2, -0.15) is 15.0 Å². The van der Waals surface area contributed by atoms with Crippen molar-refractivity contribution in [1.82, 2.24) is 15.0 Å². The molecule has 4 aromatic rings. The zero-order valence-electron chi connectivity index (χ0n) is 16.7. The Morgan fingerprint density at radius 1 is 0.781 bits per heavy atom. The highest BCUT2D eigenvalue weighted by Crippen LogP contribution is 2.25. The predicted octanol–water partition coefficient (Wildman–Crippen LogP) is 4.38. The van der Waals surface area contributed by atoms with Crippen LogP contribution in [0.25, 0.3) is 34.7 Å². The second-order valence-corrected chi connectivity index (χ2v) is 6.94. The number of carboxylic acids is 1. The van der Waals surface area contributed by atoms with E-state index < -0.39 is 5.97 Å². The van der Waals surface area contributed by atoms with Gasteiger partial charge in [0.25, 0.3) is 0 Å². The third kappa shape index (κ3) is 4.59. The van der Waals surface area contributed by atoms with Crippen molar-refractivity contribution in [3.8, 4) is 22.5 Å². The van der Waals surface area contributed by atoms with Crippen molar-refractivity contribution in [3.05, 3.63) is 89.2 Å². The van der Waals surface area contributed by atoms with Crippen molar-refractivity contribution in [2.75, 3.05) is 11.5 Å². The van der Waals surface area contributed by atoms with E-state index in [1.807, 2.05) is 12.1 Å². The van der Waals surface area contributed by atoms with E-state index in [0.29, 0.717) is 17.0 Å². The topological polar surface area (TPSA) is 128 Å². The minimum atomic E-state index is -1.03. The van der Waals surface area contributed by atoms with Gasteiger partial charge < -0.3 is 16.6 Å². The summed E-state index contributed by atoms with van der Waals surface area (Å²) in [6.45, 7) is 0. The second-order valence-electron chi connectivity index (χ2n) is 6.94. The van der Waals surface area contributed by atoms with Gasteiger partial charge in [0.2, 0.25) is 11.9 Å². The van der Waals surface area contributed by atoms with Gasteiger partial charge in [-0.05, 0) is 46.5 Å². The van der Waals surface area contributed by atoms with E-state index in [0.717, 1.165) is 16.7 Å². The zero-order valence-corrected chi connectivity index (χ0v) is 16.7. The number of carboxylic acid groups (broad SMARTS) is 1. The summed E-state index contributed by atoms with van der Waals surface area (Å²) in [5.41, 5.74) is 15.1. The Kier molecular flexibility index (Phi) is 5.59. The lowest BCUT2D eigenvalue weighted by molar-refractivity contribution is 0.0696. The average Bonchev–Trinajstić information content (AvgIpc) is 2.77. The first-order valence-electron chi connectivity index (χ1n) is 9.58. The summed E-state index contributed by atoms with van der Waals surface area (Å²) in [6.07, 6.45) is 3.53. The van der Waals surface area contributed by atoms with Crippen LogP contribution in [0.1, 0.15) is 21.5 Å². The standard InChI is InChI=1S/C24H18FN5O2/c25-19-10-7-15(8-11-19)17-9-12-20(22(31)32)18(13-17)6-3-14-1-4-16(5-2-14)21-28-23(26)30-24(27)29-21/h1-13H,(H,31,32)(H4,26,27,28,29,30). The van der Waals surface area contributed by atoms with Crippen LogP contribution >= 0.6 is 0 Å². The van der Waals surface area contributed by atoms with E-state index in [-0.39, 0.29) is 23.3 Å². The van der Waals surface area contributed by atoms with Crippen molar-refractivity contribution in [2.24, 2.45) is 0 Å². The molecule has 4 rings (SSSR count). The molecule has 7 nitrogen and oxygen atoms in total. The van der Waals surface area contributed by atoms with Crippen molar-refractivity contribution in [3.63, 3.8) is 0 Å².